The highest BCUT2D eigenvalue weighted by atomic mass is 32.1. The number of aromatic nitrogens is 2. The summed E-state index contributed by atoms with van der Waals surface area (Å²) in [6.45, 7) is 2.80. The highest BCUT2D eigenvalue weighted by molar-refractivity contribution is 7.14. The summed E-state index contributed by atoms with van der Waals surface area (Å²) in [6.07, 6.45) is 8.50. The molecule has 0 radical (unpaired) electrons. The van der Waals surface area contributed by atoms with Crippen LogP contribution in [0.3, 0.4) is 0 Å². The van der Waals surface area contributed by atoms with Crippen LogP contribution in [0.1, 0.15) is 49.5 Å². The van der Waals surface area contributed by atoms with E-state index in [1.54, 1.807) is 18.5 Å². The number of carbonyl (C=O) groups excluding carboxylic acids is 2. The molecule has 2 amide bonds. The molecule has 0 fully saturated rings. The first-order valence-corrected chi connectivity index (χ1v) is 10.2. The van der Waals surface area contributed by atoms with Gasteiger partial charge in [-0.1, -0.05) is 6.92 Å². The summed E-state index contributed by atoms with van der Waals surface area (Å²) in [4.78, 5) is 30.9. The summed E-state index contributed by atoms with van der Waals surface area (Å²) in [5.74, 6) is 0.0425. The van der Waals surface area contributed by atoms with Crippen LogP contribution < -0.4 is 10.9 Å². The Labute approximate surface area is 167 Å². The number of fused-ring (bicyclic) bond motifs is 1. The quantitative estimate of drug-likeness (QED) is 0.667. The third-order valence-corrected chi connectivity index (χ3v) is 6.24. The number of nitrogens with one attached hydrogen (secondary N) is 2. The van der Waals surface area contributed by atoms with Crippen molar-refractivity contribution in [3.8, 4) is 0 Å². The predicted octanol–water partition coefficient (Wildman–Crippen LogP) is 3.19. The maximum Gasteiger partial charge on any atom is 0.286 e. The van der Waals surface area contributed by atoms with Gasteiger partial charge in [-0.25, -0.2) is 0 Å². The molecule has 0 spiro atoms. The number of rotatable bonds is 4. The molecule has 4 rings (SSSR count). The highest BCUT2D eigenvalue weighted by Crippen LogP contribution is 2.32. The number of carbonyl (C=O) groups is 2. The third kappa shape index (κ3) is 3.99. The number of thiophene rings is 1. The number of amides is 2. The number of hydrogen-bond donors (Lipinski definition) is 2. The van der Waals surface area contributed by atoms with Crippen LogP contribution in [-0.4, -0.2) is 21.4 Å². The second kappa shape index (κ2) is 7.98. The second-order valence-electron chi connectivity index (χ2n) is 7.19. The van der Waals surface area contributed by atoms with Crippen LogP contribution in [0.2, 0.25) is 0 Å². The van der Waals surface area contributed by atoms with Crippen molar-refractivity contribution in [2.24, 2.45) is 5.92 Å². The van der Waals surface area contributed by atoms with E-state index in [0.717, 1.165) is 18.4 Å². The number of nitrogens with zero attached hydrogens (tertiary/aromatic N) is 2. The van der Waals surface area contributed by atoms with Gasteiger partial charge in [-0.15, -0.1) is 11.3 Å². The Kier molecular flexibility index (Phi) is 5.25. The van der Waals surface area contributed by atoms with Crippen molar-refractivity contribution >= 4 is 23.2 Å². The number of pyridine rings is 1. The molecule has 2 N–H and O–H groups in total. The Morgan fingerprint density at radius 1 is 1.21 bits per heavy atom. The molecule has 0 bridgehead atoms. The highest BCUT2D eigenvalue weighted by Gasteiger charge is 2.21. The van der Waals surface area contributed by atoms with Crippen LogP contribution in [0.5, 0.6) is 0 Å². The molecule has 6 nitrogen and oxygen atoms in total. The maximum atomic E-state index is 12.5. The third-order valence-electron chi connectivity index (χ3n) is 5.01. The van der Waals surface area contributed by atoms with Crippen molar-refractivity contribution in [2.45, 2.75) is 32.7 Å². The zero-order valence-electron chi connectivity index (χ0n) is 15.6. The lowest BCUT2D eigenvalue weighted by Gasteiger charge is -2.16. The molecular formula is C21H22N4O2S. The van der Waals surface area contributed by atoms with E-state index < -0.39 is 0 Å². The van der Waals surface area contributed by atoms with Crippen LogP contribution in [0, 0.1) is 5.92 Å². The van der Waals surface area contributed by atoms with E-state index in [-0.39, 0.29) is 11.8 Å². The zero-order valence-corrected chi connectivity index (χ0v) is 16.5. The van der Waals surface area contributed by atoms with E-state index in [1.807, 2.05) is 35.0 Å². The number of hydrogen-bond acceptors (Lipinski definition) is 4. The van der Waals surface area contributed by atoms with Gasteiger partial charge in [0.1, 0.15) is 5.69 Å². The van der Waals surface area contributed by atoms with Crippen LogP contribution >= 0.6 is 11.3 Å². The summed E-state index contributed by atoms with van der Waals surface area (Å²) < 4.78 is 1.84. The van der Waals surface area contributed by atoms with Crippen LogP contribution in [-0.2, 0) is 19.4 Å². The normalized spacial score (nSPS) is 15.7. The van der Waals surface area contributed by atoms with Gasteiger partial charge in [0.05, 0.1) is 4.88 Å². The summed E-state index contributed by atoms with van der Waals surface area (Å²) in [7, 11) is 0. The maximum absolute atomic E-state index is 12.5. The summed E-state index contributed by atoms with van der Waals surface area (Å²) in [5.41, 5.74) is 7.88. The van der Waals surface area contributed by atoms with E-state index in [9.17, 15) is 9.59 Å². The second-order valence-corrected chi connectivity index (χ2v) is 8.33. The minimum Gasteiger partial charge on any atom is -0.339 e. The zero-order chi connectivity index (χ0) is 19.5. The van der Waals surface area contributed by atoms with Gasteiger partial charge in [0.2, 0.25) is 0 Å². The van der Waals surface area contributed by atoms with Crippen molar-refractivity contribution in [3.63, 3.8) is 0 Å². The van der Waals surface area contributed by atoms with E-state index >= 15 is 0 Å². The van der Waals surface area contributed by atoms with Gasteiger partial charge in [0, 0.05) is 30.0 Å². The Morgan fingerprint density at radius 3 is 2.82 bits per heavy atom. The molecule has 3 aromatic heterocycles. The van der Waals surface area contributed by atoms with Gasteiger partial charge in [0.25, 0.3) is 11.8 Å². The minimum atomic E-state index is -0.345. The van der Waals surface area contributed by atoms with Gasteiger partial charge in [-0.2, -0.15) is 0 Å². The first-order chi connectivity index (χ1) is 13.6. The Hall–Kier alpha value is -2.93. The van der Waals surface area contributed by atoms with Crippen molar-refractivity contribution in [2.75, 3.05) is 0 Å². The van der Waals surface area contributed by atoms with Crippen LogP contribution in [0.15, 0.2) is 48.9 Å². The Balaban J connectivity index is 1.39. The molecule has 7 heteroatoms. The molecule has 144 valence electrons. The van der Waals surface area contributed by atoms with Crippen molar-refractivity contribution in [3.05, 3.63) is 75.5 Å². The molecule has 28 heavy (non-hydrogen) atoms. The lowest BCUT2D eigenvalue weighted by atomic mass is 9.90. The Morgan fingerprint density at radius 2 is 2.00 bits per heavy atom. The lowest BCUT2D eigenvalue weighted by Crippen LogP contribution is -2.42. The Bertz CT molecular complexity index is 993. The minimum absolute atomic E-state index is 0.271. The average Bonchev–Trinajstić information content (AvgIpc) is 3.33. The van der Waals surface area contributed by atoms with E-state index in [0.29, 0.717) is 23.0 Å². The van der Waals surface area contributed by atoms with Crippen molar-refractivity contribution < 1.29 is 9.59 Å². The van der Waals surface area contributed by atoms with Gasteiger partial charge >= 0.3 is 0 Å². The summed E-state index contributed by atoms with van der Waals surface area (Å²) >= 11 is 1.53. The van der Waals surface area contributed by atoms with E-state index in [2.05, 4.69) is 22.8 Å². The van der Waals surface area contributed by atoms with Crippen LogP contribution in [0.4, 0.5) is 0 Å². The number of hydrazine groups is 1. The molecule has 0 aromatic carbocycles. The fourth-order valence-corrected chi connectivity index (χ4v) is 4.60. The molecule has 0 unspecified atom stereocenters. The largest absolute Gasteiger partial charge is 0.339 e. The summed E-state index contributed by atoms with van der Waals surface area (Å²) in [5, 5.41) is 0. The SMILES string of the molecule is C[C@@H]1CCc2sc(C(=O)NNC(=O)c3cccn3Cc3ccncc3)cc2C1. The molecule has 3 aromatic rings. The molecule has 0 aliphatic heterocycles. The van der Waals surface area contributed by atoms with Gasteiger partial charge in [-0.05, 0) is 66.6 Å². The molecule has 3 heterocycles. The average molecular weight is 395 g/mol. The monoisotopic (exact) mass is 394 g/mol. The molecule has 0 saturated heterocycles. The predicted molar refractivity (Wildman–Crippen MR) is 108 cm³/mol. The van der Waals surface area contributed by atoms with Gasteiger partial charge in [0.15, 0.2) is 0 Å². The van der Waals surface area contributed by atoms with E-state index in [1.165, 1.54) is 28.2 Å². The molecule has 1 aliphatic rings. The lowest BCUT2D eigenvalue weighted by molar-refractivity contribution is 0.0844. The first-order valence-electron chi connectivity index (χ1n) is 9.36. The fraction of sp³-hybridized carbons (Fsp3) is 0.286. The van der Waals surface area contributed by atoms with Crippen molar-refractivity contribution in [1.29, 1.82) is 0 Å². The topological polar surface area (TPSA) is 76.0 Å². The van der Waals surface area contributed by atoms with Crippen LogP contribution in [0.25, 0.3) is 0 Å². The summed E-state index contributed by atoms with van der Waals surface area (Å²) in [6, 6.07) is 9.31. The molecule has 0 saturated carbocycles. The molecule has 1 atom stereocenters. The van der Waals surface area contributed by atoms with Crippen molar-refractivity contribution in [1.82, 2.24) is 20.4 Å². The van der Waals surface area contributed by atoms with E-state index in [4.69, 9.17) is 0 Å². The molecule has 1 aliphatic carbocycles. The van der Waals surface area contributed by atoms with Gasteiger partial charge in [-0.3, -0.25) is 25.4 Å². The standard InChI is InChI=1S/C21H22N4O2S/c1-14-4-5-18-16(11-14)12-19(28-18)21(27)24-23-20(26)17-3-2-10-25(17)13-15-6-8-22-9-7-15/h2-3,6-10,12,14H,4-5,11,13H2,1H3,(H,23,26)(H,24,27)/t14-/m1/s1. The smallest absolute Gasteiger partial charge is 0.286 e. The van der Waals surface area contributed by atoms with Gasteiger partial charge < -0.3 is 4.57 Å². The fourth-order valence-electron chi connectivity index (χ4n) is 3.50. The molecular weight excluding hydrogens is 372 g/mol. The first kappa shape index (κ1) is 18.4. The number of aryl methyl sites for hydroxylation is 1.